The number of para-hydroxylation sites is 2. The fourth-order valence-electron chi connectivity index (χ4n) is 2.10. The number of benzene rings is 1. The predicted octanol–water partition coefficient (Wildman–Crippen LogP) is 1.89. The van der Waals surface area contributed by atoms with Crippen molar-refractivity contribution < 1.29 is 4.74 Å². The Balaban J connectivity index is 2.24. The van der Waals surface area contributed by atoms with Gasteiger partial charge >= 0.3 is 0 Å². The minimum absolute atomic E-state index is 0.714. The first-order valence-electron chi connectivity index (χ1n) is 6.87. The number of rotatable bonds is 3. The summed E-state index contributed by atoms with van der Waals surface area (Å²) in [6, 6.07) is 7.99. The quantitative estimate of drug-likeness (QED) is 0.287. The molecule has 0 aliphatic carbocycles. The first-order valence-corrected chi connectivity index (χ1v) is 6.87. The smallest absolute Gasteiger partial charge is 0.213 e. The van der Waals surface area contributed by atoms with E-state index >= 15 is 0 Å². The minimum Gasteiger partial charge on any atom is -0.491 e. The normalized spacial score (nSPS) is 15.5. The summed E-state index contributed by atoms with van der Waals surface area (Å²) in [5.41, 5.74) is 3.74. The summed E-state index contributed by atoms with van der Waals surface area (Å²) in [6.45, 7) is 4.52. The van der Waals surface area contributed by atoms with Crippen molar-refractivity contribution >= 4 is 11.6 Å². The highest BCUT2D eigenvalue weighted by molar-refractivity contribution is 5.97. The van der Waals surface area contributed by atoms with Gasteiger partial charge in [-0.25, -0.2) is 5.84 Å². The number of hydrazine groups is 1. The Bertz CT molecular complexity index is 433. The Morgan fingerprint density at radius 2 is 2.32 bits per heavy atom. The molecule has 1 aromatic carbocycles. The van der Waals surface area contributed by atoms with E-state index in [4.69, 9.17) is 10.6 Å². The number of unbranched alkanes of at least 4 members (excludes halogenated alkanes) is 1. The summed E-state index contributed by atoms with van der Waals surface area (Å²) in [5, 5.41) is 0. The summed E-state index contributed by atoms with van der Waals surface area (Å²) in [7, 11) is 0. The molecule has 0 atom stereocenters. The fraction of sp³-hybridized carbons (Fsp3) is 0.500. The molecule has 0 aromatic heterocycles. The van der Waals surface area contributed by atoms with Crippen LogP contribution in [0.3, 0.4) is 0 Å². The molecule has 5 heteroatoms. The van der Waals surface area contributed by atoms with Crippen LogP contribution >= 0.6 is 0 Å². The summed E-state index contributed by atoms with van der Waals surface area (Å²) in [6.07, 6.45) is 3.14. The second-order valence-corrected chi connectivity index (χ2v) is 4.52. The van der Waals surface area contributed by atoms with E-state index in [2.05, 4.69) is 22.2 Å². The number of hydrogen-bond acceptors (Lipinski definition) is 3. The largest absolute Gasteiger partial charge is 0.491 e. The van der Waals surface area contributed by atoms with Crippen LogP contribution < -0.4 is 20.9 Å². The zero-order valence-electron chi connectivity index (χ0n) is 11.4. The van der Waals surface area contributed by atoms with Gasteiger partial charge in [-0.3, -0.25) is 10.4 Å². The van der Waals surface area contributed by atoms with Gasteiger partial charge in [-0.1, -0.05) is 25.5 Å². The highest BCUT2D eigenvalue weighted by atomic mass is 16.5. The molecule has 1 aliphatic heterocycles. The lowest BCUT2D eigenvalue weighted by Gasteiger charge is -2.24. The number of anilines is 1. The van der Waals surface area contributed by atoms with Gasteiger partial charge in [0.25, 0.3) is 0 Å². The van der Waals surface area contributed by atoms with Gasteiger partial charge in [-0.05, 0) is 25.0 Å². The van der Waals surface area contributed by atoms with E-state index in [0.29, 0.717) is 5.96 Å². The third-order valence-electron chi connectivity index (χ3n) is 3.10. The Kier molecular flexibility index (Phi) is 5.03. The molecular formula is C14H22N4O. The van der Waals surface area contributed by atoms with Crippen molar-refractivity contribution in [2.45, 2.75) is 26.2 Å². The zero-order valence-corrected chi connectivity index (χ0v) is 11.4. The number of guanidine groups is 1. The molecule has 0 saturated carbocycles. The molecule has 0 fully saturated rings. The van der Waals surface area contributed by atoms with Gasteiger partial charge < -0.3 is 9.64 Å². The maximum absolute atomic E-state index is 5.73. The molecule has 1 heterocycles. The van der Waals surface area contributed by atoms with Crippen molar-refractivity contribution in [1.29, 1.82) is 0 Å². The standard InChI is InChI=1S/C14H22N4O/c1-2-3-9-16-14(17-15)18-10-6-11-19-13-8-5-4-7-12(13)18/h4-5,7-8H,2-3,6,9-11,15H2,1H3,(H,16,17). The summed E-state index contributed by atoms with van der Waals surface area (Å²) < 4.78 is 5.73. The summed E-state index contributed by atoms with van der Waals surface area (Å²) in [5.74, 6) is 7.23. The molecule has 1 aliphatic rings. The highest BCUT2D eigenvalue weighted by Crippen LogP contribution is 2.30. The van der Waals surface area contributed by atoms with E-state index in [1.807, 2.05) is 24.3 Å². The van der Waals surface area contributed by atoms with Crippen LogP contribution in [0.4, 0.5) is 5.69 Å². The van der Waals surface area contributed by atoms with Crippen LogP contribution in [0.2, 0.25) is 0 Å². The van der Waals surface area contributed by atoms with Crippen molar-refractivity contribution in [1.82, 2.24) is 5.43 Å². The lowest BCUT2D eigenvalue weighted by molar-refractivity contribution is 0.322. The molecule has 0 unspecified atom stereocenters. The van der Waals surface area contributed by atoms with E-state index in [1.165, 1.54) is 0 Å². The average molecular weight is 262 g/mol. The van der Waals surface area contributed by atoms with Gasteiger partial charge in [0.15, 0.2) is 0 Å². The van der Waals surface area contributed by atoms with Crippen LogP contribution in [0, 0.1) is 0 Å². The molecule has 0 bridgehead atoms. The number of ether oxygens (including phenoxy) is 1. The lowest BCUT2D eigenvalue weighted by atomic mass is 10.2. The number of nitrogens with two attached hydrogens (primary N) is 1. The molecule has 0 amide bonds. The SMILES string of the molecule is CCCCN=C(NN)N1CCCOc2ccccc21. The molecule has 0 radical (unpaired) electrons. The molecule has 3 N–H and O–H groups in total. The number of nitrogens with one attached hydrogen (secondary N) is 1. The van der Waals surface area contributed by atoms with Gasteiger partial charge in [0.2, 0.25) is 5.96 Å². The van der Waals surface area contributed by atoms with Gasteiger partial charge in [0, 0.05) is 13.1 Å². The number of hydrogen-bond donors (Lipinski definition) is 2. The number of aliphatic imine (C=N–C) groups is 1. The Morgan fingerprint density at radius 1 is 1.47 bits per heavy atom. The fourth-order valence-corrected chi connectivity index (χ4v) is 2.10. The monoisotopic (exact) mass is 262 g/mol. The van der Waals surface area contributed by atoms with Crippen LogP contribution in [0.1, 0.15) is 26.2 Å². The Morgan fingerprint density at radius 3 is 3.11 bits per heavy atom. The minimum atomic E-state index is 0.714. The van der Waals surface area contributed by atoms with E-state index in [1.54, 1.807) is 0 Å². The topological polar surface area (TPSA) is 62.9 Å². The molecule has 5 nitrogen and oxygen atoms in total. The van der Waals surface area contributed by atoms with Gasteiger partial charge in [0.05, 0.1) is 12.3 Å². The third-order valence-corrected chi connectivity index (χ3v) is 3.10. The molecule has 1 aromatic rings. The first-order chi connectivity index (χ1) is 9.36. The van der Waals surface area contributed by atoms with Crippen LogP contribution in [0.5, 0.6) is 5.75 Å². The maximum Gasteiger partial charge on any atom is 0.213 e. The van der Waals surface area contributed by atoms with Crippen molar-refractivity contribution in [3.05, 3.63) is 24.3 Å². The zero-order chi connectivity index (χ0) is 13.5. The van der Waals surface area contributed by atoms with Crippen LogP contribution in [-0.4, -0.2) is 25.7 Å². The van der Waals surface area contributed by atoms with E-state index in [-0.39, 0.29) is 0 Å². The third kappa shape index (κ3) is 3.38. The van der Waals surface area contributed by atoms with Crippen LogP contribution in [0.25, 0.3) is 0 Å². The van der Waals surface area contributed by atoms with E-state index in [0.717, 1.165) is 50.4 Å². The second-order valence-electron chi connectivity index (χ2n) is 4.52. The average Bonchev–Trinajstić information content (AvgIpc) is 2.66. The Labute approximate surface area is 114 Å². The van der Waals surface area contributed by atoms with E-state index < -0.39 is 0 Å². The van der Waals surface area contributed by atoms with Gasteiger partial charge in [-0.15, -0.1) is 0 Å². The van der Waals surface area contributed by atoms with E-state index in [9.17, 15) is 0 Å². The van der Waals surface area contributed by atoms with Crippen LogP contribution in [0.15, 0.2) is 29.3 Å². The van der Waals surface area contributed by atoms with Gasteiger partial charge in [-0.2, -0.15) is 0 Å². The number of nitrogens with zero attached hydrogens (tertiary/aromatic N) is 2. The molecule has 0 spiro atoms. The van der Waals surface area contributed by atoms with Crippen molar-refractivity contribution in [2.75, 3.05) is 24.6 Å². The van der Waals surface area contributed by atoms with Crippen molar-refractivity contribution in [3.63, 3.8) is 0 Å². The second kappa shape index (κ2) is 6.99. The predicted molar refractivity (Wildman–Crippen MR) is 78.4 cm³/mol. The first kappa shape index (κ1) is 13.7. The van der Waals surface area contributed by atoms with Gasteiger partial charge in [0.1, 0.15) is 5.75 Å². The summed E-state index contributed by atoms with van der Waals surface area (Å²) in [4.78, 5) is 6.64. The van der Waals surface area contributed by atoms with Crippen LogP contribution in [-0.2, 0) is 0 Å². The van der Waals surface area contributed by atoms with Crippen molar-refractivity contribution in [3.8, 4) is 5.75 Å². The maximum atomic E-state index is 5.73. The van der Waals surface area contributed by atoms with Crippen molar-refractivity contribution in [2.24, 2.45) is 10.8 Å². The number of fused-ring (bicyclic) bond motifs is 1. The molecule has 2 rings (SSSR count). The lowest BCUT2D eigenvalue weighted by Crippen LogP contribution is -2.45. The Hall–Kier alpha value is -1.75. The molecular weight excluding hydrogens is 240 g/mol. The molecule has 104 valence electrons. The highest BCUT2D eigenvalue weighted by Gasteiger charge is 2.19. The molecule has 0 saturated heterocycles. The molecule has 19 heavy (non-hydrogen) atoms. The summed E-state index contributed by atoms with van der Waals surface area (Å²) >= 11 is 0.